The Hall–Kier alpha value is -1.72. The number of esters is 1. The van der Waals surface area contributed by atoms with Crippen molar-refractivity contribution >= 4 is 23.5 Å². The van der Waals surface area contributed by atoms with Crippen LogP contribution in [0.4, 0.5) is 0 Å². The highest BCUT2D eigenvalue weighted by Crippen LogP contribution is 2.67. The van der Waals surface area contributed by atoms with Gasteiger partial charge in [-0.2, -0.15) is 0 Å². The molecule has 172 valence electrons. The molecule has 0 heterocycles. The molecule has 4 rings (SSSR count). The van der Waals surface area contributed by atoms with Gasteiger partial charge in [0.15, 0.2) is 5.78 Å². The van der Waals surface area contributed by atoms with Crippen LogP contribution < -0.4 is 0 Å². The van der Waals surface area contributed by atoms with Gasteiger partial charge in [0.2, 0.25) is 0 Å². The number of ether oxygens (including phenoxy) is 1. The SMILES string of the molecule is C[C@]12CCC(=O)C[C@@H]1CC[C@@H]1[C@@H]2CC[C@]2(C)[C@@H](C(=O)COC(=O)CCC(=O)O)CC[C@@H]12. The van der Waals surface area contributed by atoms with Crippen molar-refractivity contribution in [1.29, 1.82) is 0 Å². The van der Waals surface area contributed by atoms with E-state index in [1.54, 1.807) is 0 Å². The maximum absolute atomic E-state index is 13.0. The van der Waals surface area contributed by atoms with E-state index in [0.717, 1.165) is 51.4 Å². The molecular formula is C25H36O6. The number of carbonyl (C=O) groups excluding carboxylic acids is 3. The van der Waals surface area contributed by atoms with Crippen molar-refractivity contribution in [3.05, 3.63) is 0 Å². The molecule has 4 aliphatic rings. The van der Waals surface area contributed by atoms with Crippen molar-refractivity contribution in [1.82, 2.24) is 0 Å². The molecule has 1 N–H and O–H groups in total. The third-order valence-electron chi connectivity index (χ3n) is 9.79. The van der Waals surface area contributed by atoms with Gasteiger partial charge < -0.3 is 9.84 Å². The Balaban J connectivity index is 1.41. The molecule has 0 unspecified atom stereocenters. The minimum Gasteiger partial charge on any atom is -0.481 e. The van der Waals surface area contributed by atoms with E-state index >= 15 is 0 Å². The van der Waals surface area contributed by atoms with Gasteiger partial charge in [-0.25, -0.2) is 0 Å². The number of fused-ring (bicyclic) bond motifs is 5. The lowest BCUT2D eigenvalue weighted by molar-refractivity contribution is -0.154. The Bertz CT molecular complexity index is 774. The zero-order valence-corrected chi connectivity index (χ0v) is 18.9. The molecule has 4 aliphatic carbocycles. The maximum atomic E-state index is 13.0. The summed E-state index contributed by atoms with van der Waals surface area (Å²) in [6.07, 6.45) is 8.41. The molecule has 7 atom stereocenters. The third-order valence-corrected chi connectivity index (χ3v) is 9.79. The van der Waals surface area contributed by atoms with Crippen molar-refractivity contribution in [3.63, 3.8) is 0 Å². The molecular weight excluding hydrogens is 396 g/mol. The minimum atomic E-state index is -1.04. The predicted octanol–water partition coefficient (Wildman–Crippen LogP) is 4.19. The minimum absolute atomic E-state index is 0.00437. The van der Waals surface area contributed by atoms with E-state index in [1.165, 1.54) is 6.42 Å². The average molecular weight is 433 g/mol. The number of hydrogen-bond acceptors (Lipinski definition) is 5. The number of aliphatic carboxylic acids is 1. The van der Waals surface area contributed by atoms with Crippen molar-refractivity contribution in [3.8, 4) is 0 Å². The maximum Gasteiger partial charge on any atom is 0.306 e. The Morgan fingerprint density at radius 1 is 0.968 bits per heavy atom. The molecule has 0 spiro atoms. The first-order valence-electron chi connectivity index (χ1n) is 12.1. The molecule has 4 fully saturated rings. The Morgan fingerprint density at radius 2 is 1.71 bits per heavy atom. The van der Waals surface area contributed by atoms with Gasteiger partial charge >= 0.3 is 11.9 Å². The Kier molecular flexibility index (Phi) is 6.04. The van der Waals surface area contributed by atoms with Gasteiger partial charge in [-0.1, -0.05) is 13.8 Å². The first-order chi connectivity index (χ1) is 14.6. The predicted molar refractivity (Wildman–Crippen MR) is 113 cm³/mol. The molecule has 6 heteroatoms. The van der Waals surface area contributed by atoms with Crippen LogP contribution in [0.1, 0.15) is 84.5 Å². The Labute approximate surface area is 184 Å². The number of rotatable bonds is 6. The second-order valence-corrected chi connectivity index (χ2v) is 11.1. The van der Waals surface area contributed by atoms with Crippen LogP contribution in [0.5, 0.6) is 0 Å². The molecule has 0 bridgehead atoms. The summed E-state index contributed by atoms with van der Waals surface area (Å²) in [7, 11) is 0. The number of carboxylic acid groups (broad SMARTS) is 1. The van der Waals surface area contributed by atoms with Gasteiger partial charge in [-0.05, 0) is 79.4 Å². The summed E-state index contributed by atoms with van der Waals surface area (Å²) in [4.78, 5) is 47.4. The highest BCUT2D eigenvalue weighted by molar-refractivity contribution is 5.86. The van der Waals surface area contributed by atoms with Gasteiger partial charge in [-0.15, -0.1) is 0 Å². The second-order valence-electron chi connectivity index (χ2n) is 11.1. The van der Waals surface area contributed by atoms with E-state index in [-0.39, 0.29) is 42.0 Å². The monoisotopic (exact) mass is 432 g/mol. The van der Waals surface area contributed by atoms with Crippen LogP contribution in [0.25, 0.3) is 0 Å². The molecule has 0 radical (unpaired) electrons. The fourth-order valence-electron chi connectivity index (χ4n) is 8.11. The van der Waals surface area contributed by atoms with E-state index < -0.39 is 11.9 Å². The second kappa shape index (κ2) is 8.32. The van der Waals surface area contributed by atoms with Gasteiger partial charge in [0, 0.05) is 18.8 Å². The number of carboxylic acids is 1. The normalized spacial score (nSPS) is 41.6. The van der Waals surface area contributed by atoms with E-state index in [4.69, 9.17) is 9.84 Å². The highest BCUT2D eigenvalue weighted by atomic mass is 16.5. The molecule has 0 aromatic carbocycles. The topological polar surface area (TPSA) is 97.7 Å². The van der Waals surface area contributed by atoms with Crippen LogP contribution in [0, 0.1) is 40.4 Å². The summed E-state index contributed by atoms with van der Waals surface area (Å²) in [5.74, 6) is 1.03. The molecule has 6 nitrogen and oxygen atoms in total. The van der Waals surface area contributed by atoms with Gasteiger partial charge in [0.1, 0.15) is 12.4 Å². The lowest BCUT2D eigenvalue weighted by Gasteiger charge is -2.60. The van der Waals surface area contributed by atoms with Crippen LogP contribution in [0.3, 0.4) is 0 Å². The van der Waals surface area contributed by atoms with Crippen molar-refractivity contribution < 1.29 is 29.0 Å². The van der Waals surface area contributed by atoms with Gasteiger partial charge in [0.05, 0.1) is 12.8 Å². The average Bonchev–Trinajstić information content (AvgIpc) is 3.08. The molecule has 0 aromatic rings. The summed E-state index contributed by atoms with van der Waals surface area (Å²) < 4.78 is 5.11. The summed E-state index contributed by atoms with van der Waals surface area (Å²) in [6.45, 7) is 4.47. The number of Topliss-reactive ketones (excluding diaryl/α,β-unsaturated/α-hetero) is 2. The first kappa shape index (κ1) is 22.5. The summed E-state index contributed by atoms with van der Waals surface area (Å²) in [5, 5.41) is 8.68. The van der Waals surface area contributed by atoms with Crippen LogP contribution in [-0.4, -0.2) is 35.2 Å². The fourth-order valence-corrected chi connectivity index (χ4v) is 8.11. The van der Waals surface area contributed by atoms with E-state index in [1.807, 2.05) is 0 Å². The summed E-state index contributed by atoms with van der Waals surface area (Å²) in [5.41, 5.74) is 0.222. The van der Waals surface area contributed by atoms with Crippen LogP contribution in [0.2, 0.25) is 0 Å². The molecule has 0 aromatic heterocycles. The molecule has 0 aliphatic heterocycles. The first-order valence-corrected chi connectivity index (χ1v) is 12.1. The standard InChI is InChI=1S/C25H36O6/c1-24-11-9-16(26)13-15(24)3-4-17-18-5-6-20(25(18,2)12-10-19(17)24)21(27)14-31-23(30)8-7-22(28)29/h15,17-20H,3-14H2,1-2H3,(H,28,29)/t15-,17-,18-,19-,20+,24-,25-/m0/s1. The summed E-state index contributed by atoms with van der Waals surface area (Å²) >= 11 is 0. The molecule has 31 heavy (non-hydrogen) atoms. The van der Waals surface area contributed by atoms with Crippen LogP contribution in [-0.2, 0) is 23.9 Å². The highest BCUT2D eigenvalue weighted by Gasteiger charge is 2.61. The number of carbonyl (C=O) groups is 4. The quantitative estimate of drug-likeness (QED) is 0.632. The lowest BCUT2D eigenvalue weighted by Crippen LogP contribution is -2.54. The zero-order valence-electron chi connectivity index (χ0n) is 18.9. The van der Waals surface area contributed by atoms with E-state index in [2.05, 4.69) is 13.8 Å². The third kappa shape index (κ3) is 3.95. The zero-order chi connectivity index (χ0) is 22.4. The smallest absolute Gasteiger partial charge is 0.306 e. The largest absolute Gasteiger partial charge is 0.481 e. The summed E-state index contributed by atoms with van der Waals surface area (Å²) in [6, 6.07) is 0. The fraction of sp³-hybridized carbons (Fsp3) is 0.840. The lowest BCUT2D eigenvalue weighted by atomic mass is 9.44. The van der Waals surface area contributed by atoms with Crippen molar-refractivity contribution in [2.24, 2.45) is 40.4 Å². The van der Waals surface area contributed by atoms with Crippen molar-refractivity contribution in [2.45, 2.75) is 84.5 Å². The Morgan fingerprint density at radius 3 is 2.45 bits per heavy atom. The van der Waals surface area contributed by atoms with E-state index in [0.29, 0.717) is 29.5 Å². The number of hydrogen-bond donors (Lipinski definition) is 1. The van der Waals surface area contributed by atoms with E-state index in [9.17, 15) is 19.2 Å². The van der Waals surface area contributed by atoms with Gasteiger partial charge in [0.25, 0.3) is 0 Å². The molecule has 0 amide bonds. The van der Waals surface area contributed by atoms with Crippen molar-refractivity contribution in [2.75, 3.05) is 6.61 Å². The number of ketones is 2. The van der Waals surface area contributed by atoms with Gasteiger partial charge in [-0.3, -0.25) is 19.2 Å². The van der Waals surface area contributed by atoms with Crippen LogP contribution >= 0.6 is 0 Å². The molecule has 0 saturated heterocycles. The van der Waals surface area contributed by atoms with Crippen LogP contribution in [0.15, 0.2) is 0 Å². The molecule has 4 saturated carbocycles.